The molecule has 0 atom stereocenters. The summed E-state index contributed by atoms with van der Waals surface area (Å²) in [5.41, 5.74) is 0.177. The van der Waals surface area contributed by atoms with E-state index in [1.165, 1.54) is 6.07 Å². The van der Waals surface area contributed by atoms with Crippen molar-refractivity contribution in [2.45, 2.75) is 6.18 Å². The van der Waals surface area contributed by atoms with Gasteiger partial charge in [-0.25, -0.2) is 4.98 Å². The van der Waals surface area contributed by atoms with E-state index in [9.17, 15) is 13.2 Å². The molecule has 0 saturated heterocycles. The van der Waals surface area contributed by atoms with E-state index in [4.69, 9.17) is 23.2 Å². The molecule has 1 aromatic carbocycles. The minimum atomic E-state index is -4.54. The molecule has 0 radical (unpaired) electrons. The second kappa shape index (κ2) is 3.78. The van der Waals surface area contributed by atoms with Crippen LogP contribution in [0.4, 0.5) is 13.2 Å². The Morgan fingerprint density at radius 3 is 2.44 bits per heavy atom. The Hall–Kier alpha value is -0.460. The van der Waals surface area contributed by atoms with Crippen LogP contribution in [-0.2, 0) is 6.18 Å². The summed E-state index contributed by atoms with van der Waals surface area (Å²) in [6.07, 6.45) is -4.54. The van der Waals surface area contributed by atoms with Gasteiger partial charge in [0.15, 0.2) is 0 Å². The van der Waals surface area contributed by atoms with Gasteiger partial charge < -0.3 is 4.98 Å². The van der Waals surface area contributed by atoms with Crippen molar-refractivity contribution in [2.75, 3.05) is 0 Å². The first kappa shape index (κ1) is 12.0. The van der Waals surface area contributed by atoms with Crippen molar-refractivity contribution in [3.63, 3.8) is 0 Å². The highest BCUT2D eigenvalue weighted by atomic mass is 79.9. The fourth-order valence-electron chi connectivity index (χ4n) is 1.19. The predicted molar refractivity (Wildman–Crippen MR) is 58.8 cm³/mol. The lowest BCUT2D eigenvalue weighted by Crippen LogP contribution is -2.06. The largest absolute Gasteiger partial charge is 0.449 e. The van der Waals surface area contributed by atoms with Crippen molar-refractivity contribution < 1.29 is 13.2 Å². The van der Waals surface area contributed by atoms with Crippen LogP contribution in [0.1, 0.15) is 5.82 Å². The zero-order valence-corrected chi connectivity index (χ0v) is 10.4. The second-order valence-electron chi connectivity index (χ2n) is 2.97. The smallest absolute Gasteiger partial charge is 0.334 e. The van der Waals surface area contributed by atoms with E-state index in [0.29, 0.717) is 4.47 Å². The van der Waals surface area contributed by atoms with Crippen molar-refractivity contribution >= 4 is 50.2 Å². The first-order valence-electron chi connectivity index (χ1n) is 3.91. The number of aromatic amines is 1. The van der Waals surface area contributed by atoms with Crippen LogP contribution in [-0.4, -0.2) is 9.97 Å². The van der Waals surface area contributed by atoms with Crippen LogP contribution in [0.25, 0.3) is 11.0 Å². The lowest BCUT2D eigenvalue weighted by atomic mass is 10.3. The molecule has 0 amide bonds. The third-order valence-corrected chi connectivity index (χ3v) is 3.59. The SMILES string of the molecule is FC(F)(F)c1nc2c(Cl)c(Cl)c(Br)cc2[nH]1. The lowest BCUT2D eigenvalue weighted by molar-refractivity contribution is -0.144. The fraction of sp³-hybridized carbons (Fsp3) is 0.125. The Morgan fingerprint density at radius 1 is 1.25 bits per heavy atom. The molecule has 1 aromatic heterocycles. The maximum absolute atomic E-state index is 12.4. The van der Waals surface area contributed by atoms with Gasteiger partial charge in [-0.05, 0) is 22.0 Å². The molecule has 0 aliphatic heterocycles. The maximum atomic E-state index is 12.4. The summed E-state index contributed by atoms with van der Waals surface area (Å²) in [5.74, 6) is -1.10. The Morgan fingerprint density at radius 2 is 1.88 bits per heavy atom. The van der Waals surface area contributed by atoms with E-state index < -0.39 is 12.0 Å². The summed E-state index contributed by atoms with van der Waals surface area (Å²) in [4.78, 5) is 5.50. The van der Waals surface area contributed by atoms with E-state index in [1.807, 2.05) is 0 Å². The zero-order valence-electron chi connectivity index (χ0n) is 7.29. The Bertz CT molecular complexity index is 564. The number of rotatable bonds is 0. The molecule has 1 heterocycles. The van der Waals surface area contributed by atoms with Crippen LogP contribution in [0, 0.1) is 0 Å². The number of nitrogens with zero attached hydrogens (tertiary/aromatic N) is 1. The molecular formula is C8H2BrCl2F3N2. The monoisotopic (exact) mass is 332 g/mol. The molecule has 16 heavy (non-hydrogen) atoms. The number of halogens is 6. The molecule has 2 aromatic rings. The second-order valence-corrected chi connectivity index (χ2v) is 4.58. The van der Waals surface area contributed by atoms with Crippen molar-refractivity contribution in [3.05, 3.63) is 26.4 Å². The number of alkyl halides is 3. The standard InChI is InChI=1S/C8H2BrCl2F3N2/c9-2-1-3-6(5(11)4(2)10)16-7(15-3)8(12,13)14/h1H,(H,15,16). The van der Waals surface area contributed by atoms with Gasteiger partial charge in [0.1, 0.15) is 5.52 Å². The number of benzene rings is 1. The number of imidazole rings is 1. The third-order valence-electron chi connectivity index (χ3n) is 1.88. The number of aromatic nitrogens is 2. The van der Waals surface area contributed by atoms with E-state index in [2.05, 4.69) is 25.9 Å². The molecule has 86 valence electrons. The lowest BCUT2D eigenvalue weighted by Gasteiger charge is -1.98. The van der Waals surface area contributed by atoms with Crippen LogP contribution in [0.3, 0.4) is 0 Å². The van der Waals surface area contributed by atoms with Gasteiger partial charge in [0.2, 0.25) is 5.82 Å². The highest BCUT2D eigenvalue weighted by Gasteiger charge is 2.35. The van der Waals surface area contributed by atoms with Gasteiger partial charge in [0, 0.05) is 4.47 Å². The normalized spacial score (nSPS) is 12.4. The molecule has 0 fully saturated rings. The van der Waals surface area contributed by atoms with Crippen LogP contribution in [0.5, 0.6) is 0 Å². The number of fused-ring (bicyclic) bond motifs is 1. The number of H-pyrrole nitrogens is 1. The highest BCUT2D eigenvalue weighted by Crippen LogP contribution is 2.37. The minimum Gasteiger partial charge on any atom is -0.334 e. The summed E-state index contributed by atoms with van der Waals surface area (Å²) in [5, 5.41) is 0.118. The Balaban J connectivity index is 2.77. The van der Waals surface area contributed by atoms with Gasteiger partial charge in [-0.3, -0.25) is 0 Å². The van der Waals surface area contributed by atoms with Crippen LogP contribution in [0.2, 0.25) is 10.0 Å². The first-order valence-corrected chi connectivity index (χ1v) is 5.46. The Labute approximate surface area is 106 Å². The van der Waals surface area contributed by atoms with Gasteiger partial charge in [-0.2, -0.15) is 13.2 Å². The quantitative estimate of drug-likeness (QED) is 0.698. The van der Waals surface area contributed by atoms with E-state index >= 15 is 0 Å². The topological polar surface area (TPSA) is 28.7 Å². The average Bonchev–Trinajstić information content (AvgIpc) is 2.57. The van der Waals surface area contributed by atoms with Gasteiger partial charge in [0.05, 0.1) is 15.6 Å². The molecule has 0 bridgehead atoms. The fourth-order valence-corrected chi connectivity index (χ4v) is 2.12. The van der Waals surface area contributed by atoms with Crippen molar-refractivity contribution in [1.29, 1.82) is 0 Å². The van der Waals surface area contributed by atoms with Crippen LogP contribution >= 0.6 is 39.1 Å². The summed E-state index contributed by atoms with van der Waals surface area (Å²) < 4.78 is 37.5. The predicted octanol–water partition coefficient (Wildman–Crippen LogP) is 4.65. The number of hydrogen-bond donors (Lipinski definition) is 1. The molecule has 8 heteroatoms. The molecule has 2 rings (SSSR count). The average molecular weight is 334 g/mol. The first-order chi connectivity index (χ1) is 7.30. The summed E-state index contributed by atoms with van der Waals surface area (Å²) >= 11 is 14.6. The maximum Gasteiger partial charge on any atom is 0.449 e. The van der Waals surface area contributed by atoms with Crippen molar-refractivity contribution in [2.24, 2.45) is 0 Å². The highest BCUT2D eigenvalue weighted by molar-refractivity contribution is 9.10. The number of nitrogens with one attached hydrogen (secondary N) is 1. The molecule has 0 spiro atoms. The van der Waals surface area contributed by atoms with E-state index in [1.54, 1.807) is 0 Å². The summed E-state index contributed by atoms with van der Waals surface area (Å²) in [6, 6.07) is 1.39. The van der Waals surface area contributed by atoms with E-state index in [-0.39, 0.29) is 21.1 Å². The van der Waals surface area contributed by atoms with Crippen LogP contribution < -0.4 is 0 Å². The molecule has 0 aliphatic carbocycles. The molecule has 1 N–H and O–H groups in total. The molecule has 0 unspecified atom stereocenters. The zero-order chi connectivity index (χ0) is 12.1. The van der Waals surface area contributed by atoms with E-state index in [0.717, 1.165) is 0 Å². The minimum absolute atomic E-state index is 0.00203. The van der Waals surface area contributed by atoms with Crippen LogP contribution in [0.15, 0.2) is 10.5 Å². The number of hydrogen-bond acceptors (Lipinski definition) is 1. The summed E-state index contributed by atoms with van der Waals surface area (Å²) in [6.45, 7) is 0. The van der Waals surface area contributed by atoms with Gasteiger partial charge in [-0.1, -0.05) is 23.2 Å². The third kappa shape index (κ3) is 1.89. The van der Waals surface area contributed by atoms with Crippen molar-refractivity contribution in [1.82, 2.24) is 9.97 Å². The molecule has 2 nitrogen and oxygen atoms in total. The van der Waals surface area contributed by atoms with Gasteiger partial charge >= 0.3 is 6.18 Å². The van der Waals surface area contributed by atoms with Gasteiger partial charge in [-0.15, -0.1) is 0 Å². The Kier molecular flexibility index (Phi) is 2.84. The molecular weight excluding hydrogens is 332 g/mol. The molecule has 0 saturated carbocycles. The molecule has 0 aliphatic rings. The van der Waals surface area contributed by atoms with Gasteiger partial charge in [0.25, 0.3) is 0 Å². The summed E-state index contributed by atoms with van der Waals surface area (Å²) in [7, 11) is 0. The van der Waals surface area contributed by atoms with Crippen molar-refractivity contribution in [3.8, 4) is 0 Å².